The van der Waals surface area contributed by atoms with Crippen molar-refractivity contribution in [3.8, 4) is 0 Å². The van der Waals surface area contributed by atoms with Gasteiger partial charge >= 0.3 is 0 Å². The minimum absolute atomic E-state index is 0. The van der Waals surface area contributed by atoms with Gasteiger partial charge in [0.1, 0.15) is 5.82 Å². The fraction of sp³-hybridized carbons (Fsp3) is 0.600. The third-order valence-electron chi connectivity index (χ3n) is 4.75. The highest BCUT2D eigenvalue weighted by Gasteiger charge is 2.07. The van der Waals surface area contributed by atoms with Crippen LogP contribution >= 0.6 is 24.0 Å². The molecule has 0 bridgehead atoms. The van der Waals surface area contributed by atoms with E-state index in [0.29, 0.717) is 6.04 Å². The van der Waals surface area contributed by atoms with Crippen LogP contribution in [0.15, 0.2) is 29.3 Å². The molecular weight excluding hydrogens is 451 g/mol. The summed E-state index contributed by atoms with van der Waals surface area (Å²) in [5, 5.41) is 6.81. The molecule has 0 amide bonds. The van der Waals surface area contributed by atoms with Crippen molar-refractivity contribution in [2.45, 2.75) is 46.7 Å². The normalized spacial score (nSPS) is 11.9. The Morgan fingerprint density at radius 2 is 1.93 bits per heavy atom. The van der Waals surface area contributed by atoms with Crippen molar-refractivity contribution in [2.24, 2.45) is 4.99 Å². The van der Waals surface area contributed by atoms with Gasteiger partial charge in [-0.25, -0.2) is 4.98 Å². The van der Waals surface area contributed by atoms with Crippen molar-refractivity contribution in [1.29, 1.82) is 0 Å². The predicted octanol–water partition coefficient (Wildman–Crippen LogP) is 3.25. The number of hydrogen-bond donors (Lipinski definition) is 2. The van der Waals surface area contributed by atoms with E-state index in [9.17, 15) is 0 Å². The van der Waals surface area contributed by atoms with Crippen molar-refractivity contribution in [2.75, 3.05) is 33.2 Å². The van der Waals surface area contributed by atoms with Crippen LogP contribution in [0, 0.1) is 6.92 Å². The average Bonchev–Trinajstić information content (AvgIpc) is 2.95. The molecule has 2 aromatic rings. The van der Waals surface area contributed by atoms with Gasteiger partial charge in [0.05, 0.1) is 11.0 Å². The molecule has 1 heterocycles. The van der Waals surface area contributed by atoms with E-state index in [1.807, 2.05) is 13.1 Å². The van der Waals surface area contributed by atoms with Crippen LogP contribution in [0.25, 0.3) is 11.0 Å². The van der Waals surface area contributed by atoms with Crippen molar-refractivity contribution in [3.05, 3.63) is 30.1 Å². The molecule has 0 atom stereocenters. The van der Waals surface area contributed by atoms with E-state index in [4.69, 9.17) is 0 Å². The Morgan fingerprint density at radius 3 is 2.59 bits per heavy atom. The summed E-state index contributed by atoms with van der Waals surface area (Å²) < 4.78 is 2.29. The predicted molar refractivity (Wildman–Crippen MR) is 126 cm³/mol. The molecule has 1 aromatic heterocycles. The number of guanidine groups is 1. The van der Waals surface area contributed by atoms with E-state index < -0.39 is 0 Å². The molecule has 0 fully saturated rings. The Hall–Kier alpha value is -1.35. The number of imidazole rings is 1. The number of fused-ring (bicyclic) bond motifs is 1. The van der Waals surface area contributed by atoms with Gasteiger partial charge in [0.25, 0.3) is 0 Å². The van der Waals surface area contributed by atoms with Crippen molar-refractivity contribution in [3.63, 3.8) is 0 Å². The monoisotopic (exact) mass is 486 g/mol. The lowest BCUT2D eigenvalue weighted by atomic mass is 10.3. The third kappa shape index (κ3) is 6.95. The van der Waals surface area contributed by atoms with E-state index in [-0.39, 0.29) is 24.0 Å². The summed E-state index contributed by atoms with van der Waals surface area (Å²) in [7, 11) is 1.82. The number of benzene rings is 1. The summed E-state index contributed by atoms with van der Waals surface area (Å²) in [6, 6.07) is 8.89. The number of nitrogens with one attached hydrogen (secondary N) is 2. The number of hydrogen-bond acceptors (Lipinski definition) is 3. The second kappa shape index (κ2) is 12.2. The Labute approximate surface area is 180 Å². The lowest BCUT2D eigenvalue weighted by Crippen LogP contribution is -2.43. The van der Waals surface area contributed by atoms with Crippen LogP contribution in [0.1, 0.15) is 33.0 Å². The van der Waals surface area contributed by atoms with Crippen LogP contribution in [-0.4, -0.2) is 59.7 Å². The molecule has 6 nitrogen and oxygen atoms in total. The maximum atomic E-state index is 4.62. The second-order valence-electron chi connectivity index (χ2n) is 6.80. The molecule has 152 valence electrons. The summed E-state index contributed by atoms with van der Waals surface area (Å²) in [5.74, 6) is 1.94. The number of halogens is 1. The molecule has 1 aromatic carbocycles. The van der Waals surface area contributed by atoms with Gasteiger partial charge in [-0.05, 0) is 45.9 Å². The largest absolute Gasteiger partial charge is 0.356 e. The van der Waals surface area contributed by atoms with Crippen LogP contribution in [0.4, 0.5) is 0 Å². The highest BCUT2D eigenvalue weighted by molar-refractivity contribution is 14.0. The zero-order chi connectivity index (χ0) is 18.9. The molecule has 0 aliphatic rings. The van der Waals surface area contributed by atoms with Crippen LogP contribution in [0.2, 0.25) is 0 Å². The van der Waals surface area contributed by atoms with Crippen LogP contribution in [0.3, 0.4) is 0 Å². The highest BCUT2D eigenvalue weighted by atomic mass is 127. The molecule has 0 radical (unpaired) electrons. The minimum atomic E-state index is 0. The van der Waals surface area contributed by atoms with Gasteiger partial charge in [0.15, 0.2) is 5.96 Å². The quantitative estimate of drug-likeness (QED) is 0.247. The number of likely N-dealkylation sites (N-methyl/N-ethyl adjacent to an activating group) is 1. The number of rotatable bonds is 9. The van der Waals surface area contributed by atoms with Gasteiger partial charge < -0.3 is 15.2 Å². The fourth-order valence-corrected chi connectivity index (χ4v) is 3.24. The first-order chi connectivity index (χ1) is 12.6. The first-order valence-corrected chi connectivity index (χ1v) is 9.67. The zero-order valence-electron chi connectivity index (χ0n) is 17.3. The van der Waals surface area contributed by atoms with Crippen molar-refractivity contribution >= 4 is 41.0 Å². The van der Waals surface area contributed by atoms with Gasteiger partial charge in [-0.1, -0.05) is 19.1 Å². The standard InChI is InChI=1S/C20H34N6.HI/c1-6-25(16(2)3)15-13-23-20(21-5)22-12-9-14-26-17(4)24-18-10-7-8-11-19(18)26;/h7-8,10-11,16H,6,9,12-15H2,1-5H3,(H2,21,22,23);1H. The van der Waals surface area contributed by atoms with Crippen LogP contribution < -0.4 is 10.6 Å². The Morgan fingerprint density at radius 1 is 1.22 bits per heavy atom. The summed E-state index contributed by atoms with van der Waals surface area (Å²) in [4.78, 5) is 11.4. The Balaban J connectivity index is 0.00000364. The summed E-state index contributed by atoms with van der Waals surface area (Å²) >= 11 is 0. The molecule has 0 aliphatic heterocycles. The first-order valence-electron chi connectivity index (χ1n) is 9.67. The molecule has 2 N–H and O–H groups in total. The topological polar surface area (TPSA) is 57.5 Å². The zero-order valence-corrected chi connectivity index (χ0v) is 19.7. The maximum absolute atomic E-state index is 4.62. The lowest BCUT2D eigenvalue weighted by molar-refractivity contribution is 0.237. The van der Waals surface area contributed by atoms with E-state index in [0.717, 1.165) is 56.4 Å². The van der Waals surface area contributed by atoms with E-state index in [1.165, 1.54) is 5.52 Å². The lowest BCUT2D eigenvalue weighted by Gasteiger charge is -2.25. The van der Waals surface area contributed by atoms with Gasteiger partial charge in [-0.15, -0.1) is 24.0 Å². The average molecular weight is 486 g/mol. The Kier molecular flexibility index (Phi) is 10.7. The third-order valence-corrected chi connectivity index (χ3v) is 4.75. The maximum Gasteiger partial charge on any atom is 0.191 e. The number of aromatic nitrogens is 2. The number of para-hydroxylation sites is 2. The van der Waals surface area contributed by atoms with Gasteiger partial charge in [0.2, 0.25) is 0 Å². The molecule has 0 aliphatic carbocycles. The SMILES string of the molecule is CCN(CCNC(=NC)NCCCn1c(C)nc2ccccc21)C(C)C.I. The van der Waals surface area contributed by atoms with E-state index in [1.54, 1.807) is 0 Å². The highest BCUT2D eigenvalue weighted by Crippen LogP contribution is 2.15. The fourth-order valence-electron chi connectivity index (χ4n) is 3.24. The Bertz CT molecular complexity index is 710. The molecule has 0 spiro atoms. The van der Waals surface area contributed by atoms with E-state index >= 15 is 0 Å². The minimum Gasteiger partial charge on any atom is -0.356 e. The van der Waals surface area contributed by atoms with Gasteiger partial charge in [0, 0.05) is 39.3 Å². The summed E-state index contributed by atoms with van der Waals surface area (Å²) in [5.41, 5.74) is 2.28. The molecular formula is C20H35IN6. The first kappa shape index (κ1) is 23.7. The summed E-state index contributed by atoms with van der Waals surface area (Å²) in [6.45, 7) is 13.6. The molecule has 0 saturated heterocycles. The van der Waals surface area contributed by atoms with Gasteiger partial charge in [-0.3, -0.25) is 9.89 Å². The molecule has 7 heteroatoms. The second-order valence-corrected chi connectivity index (χ2v) is 6.80. The van der Waals surface area contributed by atoms with Gasteiger partial charge in [-0.2, -0.15) is 0 Å². The molecule has 0 unspecified atom stereocenters. The van der Waals surface area contributed by atoms with E-state index in [2.05, 4.69) is 76.0 Å². The number of aliphatic imine (C=N–C) groups is 1. The molecule has 0 saturated carbocycles. The smallest absolute Gasteiger partial charge is 0.191 e. The molecule has 27 heavy (non-hydrogen) atoms. The van der Waals surface area contributed by atoms with Crippen LogP contribution in [-0.2, 0) is 6.54 Å². The van der Waals surface area contributed by atoms with Crippen molar-refractivity contribution < 1.29 is 0 Å². The number of nitrogens with zero attached hydrogens (tertiary/aromatic N) is 4. The molecule has 2 rings (SSSR count). The number of aryl methyl sites for hydroxylation is 2. The van der Waals surface area contributed by atoms with Crippen molar-refractivity contribution in [1.82, 2.24) is 25.1 Å². The van der Waals surface area contributed by atoms with Crippen LogP contribution in [0.5, 0.6) is 0 Å². The summed E-state index contributed by atoms with van der Waals surface area (Å²) in [6.07, 6.45) is 1.02.